The predicted octanol–water partition coefficient (Wildman–Crippen LogP) is 3.49. The van der Waals surface area contributed by atoms with E-state index in [9.17, 15) is 0 Å². The highest BCUT2D eigenvalue weighted by atomic mass is 16.5. The van der Waals surface area contributed by atoms with E-state index in [1.54, 1.807) is 0 Å². The zero-order valence-corrected chi connectivity index (χ0v) is 11.1. The van der Waals surface area contributed by atoms with Gasteiger partial charge in [-0.05, 0) is 31.5 Å². The van der Waals surface area contributed by atoms with Gasteiger partial charge in [0.1, 0.15) is 18.1 Å². The van der Waals surface area contributed by atoms with Crippen LogP contribution in [0.15, 0.2) is 16.5 Å². The second-order valence-electron chi connectivity index (χ2n) is 4.30. The summed E-state index contributed by atoms with van der Waals surface area (Å²) in [5.41, 5.74) is 0. The maximum Gasteiger partial charge on any atom is 0.129 e. The largest absolute Gasteiger partial charge is 0.462 e. The Hall–Kier alpha value is -0.800. The van der Waals surface area contributed by atoms with E-state index in [-0.39, 0.29) is 0 Å². The van der Waals surface area contributed by atoms with Crippen LogP contribution in [-0.2, 0) is 17.9 Å². The average molecular weight is 239 g/mol. The highest BCUT2D eigenvalue weighted by molar-refractivity contribution is 5.06. The van der Waals surface area contributed by atoms with Crippen molar-refractivity contribution < 1.29 is 9.15 Å². The van der Waals surface area contributed by atoms with Crippen LogP contribution in [0.3, 0.4) is 0 Å². The molecule has 0 radical (unpaired) electrons. The molecule has 17 heavy (non-hydrogen) atoms. The lowest BCUT2D eigenvalue weighted by Gasteiger charge is -2.01. The Balaban J connectivity index is 2.12. The number of rotatable bonds is 10. The zero-order valence-electron chi connectivity index (χ0n) is 11.1. The summed E-state index contributed by atoms with van der Waals surface area (Å²) >= 11 is 0. The molecule has 0 aromatic carbocycles. The first kappa shape index (κ1) is 14.3. The van der Waals surface area contributed by atoms with Gasteiger partial charge in [-0.2, -0.15) is 0 Å². The molecule has 0 amide bonds. The second kappa shape index (κ2) is 9.25. The molecule has 0 saturated carbocycles. The number of unbranched alkanes of at least 4 members (excludes halogenated alkanes) is 2. The molecule has 1 aromatic heterocycles. The van der Waals surface area contributed by atoms with Gasteiger partial charge in [0.25, 0.3) is 0 Å². The lowest BCUT2D eigenvalue weighted by atomic mass is 10.3. The van der Waals surface area contributed by atoms with Crippen LogP contribution in [0.4, 0.5) is 0 Å². The minimum absolute atomic E-state index is 0.595. The lowest BCUT2D eigenvalue weighted by Crippen LogP contribution is -2.13. The molecule has 0 atom stereocenters. The summed E-state index contributed by atoms with van der Waals surface area (Å²) in [4.78, 5) is 0. The Morgan fingerprint density at radius 3 is 2.71 bits per heavy atom. The molecule has 0 spiro atoms. The first-order valence-electron chi connectivity index (χ1n) is 6.72. The maximum atomic E-state index is 5.65. The number of hydrogen-bond acceptors (Lipinski definition) is 3. The summed E-state index contributed by atoms with van der Waals surface area (Å²) in [6.07, 6.45) is 4.76. The van der Waals surface area contributed by atoms with Crippen molar-refractivity contribution >= 4 is 0 Å². The van der Waals surface area contributed by atoms with Gasteiger partial charge in [-0.3, -0.25) is 0 Å². The van der Waals surface area contributed by atoms with Gasteiger partial charge in [0, 0.05) is 6.61 Å². The summed E-state index contributed by atoms with van der Waals surface area (Å²) in [6.45, 7) is 7.62. The van der Waals surface area contributed by atoms with Gasteiger partial charge in [-0.15, -0.1) is 0 Å². The molecule has 1 N–H and O–H groups in total. The van der Waals surface area contributed by atoms with Crippen molar-refractivity contribution in [3.63, 3.8) is 0 Å². The van der Waals surface area contributed by atoms with Crippen LogP contribution in [0.1, 0.15) is 51.1 Å². The normalized spacial score (nSPS) is 10.9. The molecule has 0 aliphatic heterocycles. The average Bonchev–Trinajstić information content (AvgIpc) is 2.77. The van der Waals surface area contributed by atoms with Gasteiger partial charge in [-0.25, -0.2) is 0 Å². The quantitative estimate of drug-likeness (QED) is 0.635. The van der Waals surface area contributed by atoms with Gasteiger partial charge in [0.05, 0.1) is 6.54 Å². The highest BCUT2D eigenvalue weighted by Gasteiger charge is 2.01. The van der Waals surface area contributed by atoms with Crippen molar-refractivity contribution in [1.29, 1.82) is 0 Å². The molecular formula is C14H25NO2. The van der Waals surface area contributed by atoms with Crippen LogP contribution in [0, 0.1) is 0 Å². The molecule has 0 saturated heterocycles. The van der Waals surface area contributed by atoms with Crippen LogP contribution in [0.2, 0.25) is 0 Å². The van der Waals surface area contributed by atoms with E-state index < -0.39 is 0 Å². The Morgan fingerprint density at radius 2 is 1.94 bits per heavy atom. The summed E-state index contributed by atoms with van der Waals surface area (Å²) in [7, 11) is 0. The fourth-order valence-corrected chi connectivity index (χ4v) is 1.61. The van der Waals surface area contributed by atoms with Crippen LogP contribution < -0.4 is 5.32 Å². The number of furan rings is 1. The molecule has 1 aromatic rings. The van der Waals surface area contributed by atoms with Crippen molar-refractivity contribution in [3.8, 4) is 0 Å². The number of hydrogen-bond donors (Lipinski definition) is 1. The van der Waals surface area contributed by atoms with Gasteiger partial charge in [-0.1, -0.05) is 26.7 Å². The predicted molar refractivity (Wildman–Crippen MR) is 69.9 cm³/mol. The second-order valence-corrected chi connectivity index (χ2v) is 4.30. The minimum atomic E-state index is 0.595. The summed E-state index contributed by atoms with van der Waals surface area (Å²) in [6, 6.07) is 4.02. The van der Waals surface area contributed by atoms with E-state index in [1.165, 1.54) is 12.8 Å². The molecule has 0 fully saturated rings. The van der Waals surface area contributed by atoms with Crippen molar-refractivity contribution in [3.05, 3.63) is 23.7 Å². The Kier molecular flexibility index (Phi) is 7.76. The standard InChI is InChI=1S/C14H25NO2/c1-3-5-6-10-16-12-14-8-7-13(17-14)11-15-9-4-2/h7-8,15H,3-6,9-12H2,1-2H3. The third kappa shape index (κ3) is 6.49. The summed E-state index contributed by atoms with van der Waals surface area (Å²) in [5.74, 6) is 1.92. The molecule has 0 unspecified atom stereocenters. The van der Waals surface area contributed by atoms with E-state index in [4.69, 9.17) is 9.15 Å². The van der Waals surface area contributed by atoms with Crippen molar-refractivity contribution in [2.45, 2.75) is 52.7 Å². The van der Waals surface area contributed by atoms with Gasteiger partial charge < -0.3 is 14.5 Å². The van der Waals surface area contributed by atoms with Crippen molar-refractivity contribution in [1.82, 2.24) is 5.32 Å². The number of ether oxygens (including phenoxy) is 1. The smallest absolute Gasteiger partial charge is 0.129 e. The summed E-state index contributed by atoms with van der Waals surface area (Å²) < 4.78 is 11.2. The van der Waals surface area contributed by atoms with Crippen LogP contribution >= 0.6 is 0 Å². The minimum Gasteiger partial charge on any atom is -0.462 e. The van der Waals surface area contributed by atoms with Crippen LogP contribution in [-0.4, -0.2) is 13.2 Å². The van der Waals surface area contributed by atoms with E-state index in [0.29, 0.717) is 6.61 Å². The van der Waals surface area contributed by atoms with E-state index in [1.807, 2.05) is 12.1 Å². The Bertz CT molecular complexity index is 284. The maximum absolute atomic E-state index is 5.65. The van der Waals surface area contributed by atoms with Gasteiger partial charge in [0.2, 0.25) is 0 Å². The van der Waals surface area contributed by atoms with E-state index in [0.717, 1.165) is 44.1 Å². The molecule has 3 heteroatoms. The van der Waals surface area contributed by atoms with E-state index in [2.05, 4.69) is 19.2 Å². The molecule has 0 bridgehead atoms. The van der Waals surface area contributed by atoms with Crippen molar-refractivity contribution in [2.24, 2.45) is 0 Å². The number of nitrogens with one attached hydrogen (secondary N) is 1. The fraction of sp³-hybridized carbons (Fsp3) is 0.714. The van der Waals surface area contributed by atoms with Gasteiger partial charge in [0.15, 0.2) is 0 Å². The molecule has 1 rings (SSSR count). The summed E-state index contributed by atoms with van der Waals surface area (Å²) in [5, 5.41) is 3.31. The topological polar surface area (TPSA) is 34.4 Å². The molecule has 1 heterocycles. The third-order valence-electron chi connectivity index (χ3n) is 2.58. The lowest BCUT2D eigenvalue weighted by molar-refractivity contribution is 0.102. The monoisotopic (exact) mass is 239 g/mol. The SMILES string of the molecule is CCCCCOCc1ccc(CNCCC)o1. The zero-order chi connectivity index (χ0) is 12.3. The molecule has 0 aliphatic rings. The van der Waals surface area contributed by atoms with Gasteiger partial charge >= 0.3 is 0 Å². The van der Waals surface area contributed by atoms with Crippen LogP contribution in [0.5, 0.6) is 0 Å². The third-order valence-corrected chi connectivity index (χ3v) is 2.58. The highest BCUT2D eigenvalue weighted by Crippen LogP contribution is 2.09. The molecule has 3 nitrogen and oxygen atoms in total. The van der Waals surface area contributed by atoms with Crippen molar-refractivity contribution in [2.75, 3.05) is 13.2 Å². The Labute approximate surface area is 105 Å². The molecular weight excluding hydrogens is 214 g/mol. The molecule has 98 valence electrons. The van der Waals surface area contributed by atoms with Crippen LogP contribution in [0.25, 0.3) is 0 Å². The first-order chi connectivity index (χ1) is 8.36. The molecule has 0 aliphatic carbocycles. The fourth-order valence-electron chi connectivity index (χ4n) is 1.61. The first-order valence-corrected chi connectivity index (χ1v) is 6.72. The van der Waals surface area contributed by atoms with E-state index >= 15 is 0 Å². The Morgan fingerprint density at radius 1 is 1.12 bits per heavy atom.